The first kappa shape index (κ1) is 11.6. The second-order valence-corrected chi connectivity index (χ2v) is 4.83. The van der Waals surface area contributed by atoms with Crippen LogP contribution in [0.1, 0.15) is 36.8 Å². The van der Waals surface area contributed by atoms with E-state index >= 15 is 0 Å². The molecule has 16 heavy (non-hydrogen) atoms. The molecule has 1 aromatic rings. The fourth-order valence-corrected chi connectivity index (χ4v) is 1.98. The van der Waals surface area contributed by atoms with E-state index in [4.69, 9.17) is 0 Å². The Morgan fingerprint density at radius 2 is 2.19 bits per heavy atom. The Hall–Kier alpha value is -0.890. The minimum absolute atomic E-state index is 0.139. The Bertz CT molecular complexity index is 345. The molecule has 0 unspecified atom stereocenters. The molecule has 0 bridgehead atoms. The molecule has 0 spiro atoms. The predicted molar refractivity (Wildman–Crippen MR) is 64.8 cm³/mol. The van der Waals surface area contributed by atoms with Gasteiger partial charge >= 0.3 is 0 Å². The lowest BCUT2D eigenvalue weighted by atomic mass is 10.1. The average Bonchev–Trinajstić information content (AvgIpc) is 3.06. The Kier molecular flexibility index (Phi) is 3.94. The highest BCUT2D eigenvalue weighted by Crippen LogP contribution is 2.33. The smallest absolute Gasteiger partial charge is 0.123 e. The van der Waals surface area contributed by atoms with Crippen molar-refractivity contribution in [2.45, 2.75) is 39.2 Å². The van der Waals surface area contributed by atoms with Crippen LogP contribution in [0.5, 0.6) is 0 Å². The van der Waals surface area contributed by atoms with Gasteiger partial charge in [0.1, 0.15) is 5.82 Å². The van der Waals surface area contributed by atoms with Gasteiger partial charge in [0.05, 0.1) is 0 Å². The zero-order valence-corrected chi connectivity index (χ0v) is 9.93. The summed E-state index contributed by atoms with van der Waals surface area (Å²) in [6, 6.07) is 4.99. The monoisotopic (exact) mass is 221 g/mol. The van der Waals surface area contributed by atoms with Crippen molar-refractivity contribution in [1.29, 1.82) is 0 Å². The first-order chi connectivity index (χ1) is 7.75. The molecule has 1 fully saturated rings. The molecule has 0 aromatic heterocycles. The van der Waals surface area contributed by atoms with E-state index in [0.717, 1.165) is 30.1 Å². The highest BCUT2D eigenvalue weighted by atomic mass is 19.1. The number of benzene rings is 1. The van der Waals surface area contributed by atoms with E-state index in [9.17, 15) is 4.39 Å². The highest BCUT2D eigenvalue weighted by molar-refractivity contribution is 5.26. The van der Waals surface area contributed by atoms with Gasteiger partial charge in [-0.15, -0.1) is 0 Å². The third kappa shape index (κ3) is 3.60. The van der Waals surface area contributed by atoms with Crippen molar-refractivity contribution in [3.63, 3.8) is 0 Å². The molecule has 0 aliphatic heterocycles. The lowest BCUT2D eigenvalue weighted by molar-refractivity contribution is 0.587. The molecular formula is C14H20FN. The molecule has 1 N–H and O–H groups in total. The van der Waals surface area contributed by atoms with E-state index in [-0.39, 0.29) is 5.82 Å². The molecule has 0 atom stereocenters. The van der Waals surface area contributed by atoms with E-state index in [1.165, 1.54) is 31.7 Å². The van der Waals surface area contributed by atoms with E-state index < -0.39 is 0 Å². The molecule has 1 aliphatic rings. The molecule has 1 nitrogen and oxygen atoms in total. The SMILES string of the molecule is Cc1ccc(F)cc1CNCCCC1CC1. The fraction of sp³-hybridized carbons (Fsp3) is 0.571. The molecule has 88 valence electrons. The lowest BCUT2D eigenvalue weighted by Crippen LogP contribution is -2.15. The van der Waals surface area contributed by atoms with E-state index in [0.29, 0.717) is 0 Å². The maximum Gasteiger partial charge on any atom is 0.123 e. The summed E-state index contributed by atoms with van der Waals surface area (Å²) in [5.41, 5.74) is 2.24. The predicted octanol–water partition coefficient (Wildman–Crippen LogP) is 3.41. The molecule has 0 saturated heterocycles. The van der Waals surface area contributed by atoms with Crippen LogP contribution < -0.4 is 5.32 Å². The second kappa shape index (κ2) is 5.44. The van der Waals surface area contributed by atoms with Crippen LogP contribution in [-0.4, -0.2) is 6.54 Å². The Morgan fingerprint density at radius 3 is 2.94 bits per heavy atom. The van der Waals surface area contributed by atoms with Crippen molar-refractivity contribution in [2.24, 2.45) is 5.92 Å². The van der Waals surface area contributed by atoms with E-state index in [2.05, 4.69) is 5.32 Å². The normalized spacial score (nSPS) is 15.4. The van der Waals surface area contributed by atoms with Crippen molar-refractivity contribution >= 4 is 0 Å². The van der Waals surface area contributed by atoms with Crippen molar-refractivity contribution in [2.75, 3.05) is 6.54 Å². The van der Waals surface area contributed by atoms with Crippen LogP contribution >= 0.6 is 0 Å². The van der Waals surface area contributed by atoms with Crippen molar-refractivity contribution < 1.29 is 4.39 Å². The van der Waals surface area contributed by atoms with Gasteiger partial charge in [-0.25, -0.2) is 4.39 Å². The largest absolute Gasteiger partial charge is 0.313 e. The first-order valence-corrected chi connectivity index (χ1v) is 6.21. The molecule has 2 rings (SSSR count). The standard InChI is InChI=1S/C14H20FN/c1-11-4-7-14(15)9-13(11)10-16-8-2-3-12-5-6-12/h4,7,9,12,16H,2-3,5-6,8,10H2,1H3. The summed E-state index contributed by atoms with van der Waals surface area (Å²) < 4.78 is 13.0. The van der Waals surface area contributed by atoms with E-state index in [1.54, 1.807) is 6.07 Å². The van der Waals surface area contributed by atoms with Gasteiger partial charge in [0, 0.05) is 6.54 Å². The van der Waals surface area contributed by atoms with Gasteiger partial charge in [0.25, 0.3) is 0 Å². The van der Waals surface area contributed by atoms with Crippen molar-refractivity contribution in [1.82, 2.24) is 5.32 Å². The summed E-state index contributed by atoms with van der Waals surface area (Å²) in [6.45, 7) is 3.86. The Balaban J connectivity index is 1.69. The van der Waals surface area contributed by atoms with Crippen LogP contribution in [0.2, 0.25) is 0 Å². The van der Waals surface area contributed by atoms with Crippen LogP contribution in [-0.2, 0) is 6.54 Å². The summed E-state index contributed by atoms with van der Waals surface area (Å²) in [5.74, 6) is 0.873. The van der Waals surface area contributed by atoms with Crippen LogP contribution in [0, 0.1) is 18.7 Å². The average molecular weight is 221 g/mol. The molecule has 2 heteroatoms. The molecular weight excluding hydrogens is 201 g/mol. The fourth-order valence-electron chi connectivity index (χ4n) is 1.98. The lowest BCUT2D eigenvalue weighted by Gasteiger charge is -2.07. The Labute approximate surface area is 97.1 Å². The van der Waals surface area contributed by atoms with Gasteiger partial charge in [-0.3, -0.25) is 0 Å². The van der Waals surface area contributed by atoms with Gasteiger partial charge < -0.3 is 5.32 Å². The van der Waals surface area contributed by atoms with Crippen molar-refractivity contribution in [3.05, 3.63) is 35.1 Å². The zero-order valence-electron chi connectivity index (χ0n) is 9.93. The van der Waals surface area contributed by atoms with Gasteiger partial charge in [-0.1, -0.05) is 18.9 Å². The van der Waals surface area contributed by atoms with Gasteiger partial charge in [0.2, 0.25) is 0 Å². The topological polar surface area (TPSA) is 12.0 Å². The minimum Gasteiger partial charge on any atom is -0.313 e. The number of hydrogen-bond donors (Lipinski definition) is 1. The van der Waals surface area contributed by atoms with Gasteiger partial charge in [-0.2, -0.15) is 0 Å². The maximum atomic E-state index is 13.0. The summed E-state index contributed by atoms with van der Waals surface area (Å²) in [5, 5.41) is 3.39. The third-order valence-electron chi connectivity index (χ3n) is 3.29. The molecule has 1 saturated carbocycles. The number of halogens is 1. The number of nitrogens with one attached hydrogen (secondary N) is 1. The second-order valence-electron chi connectivity index (χ2n) is 4.83. The number of rotatable bonds is 6. The summed E-state index contributed by atoms with van der Waals surface area (Å²) in [7, 11) is 0. The van der Waals surface area contributed by atoms with E-state index in [1.807, 2.05) is 13.0 Å². The summed E-state index contributed by atoms with van der Waals surface area (Å²) in [4.78, 5) is 0. The van der Waals surface area contributed by atoms with Crippen LogP contribution in [0.4, 0.5) is 4.39 Å². The van der Waals surface area contributed by atoms with Crippen LogP contribution in [0.25, 0.3) is 0 Å². The number of aryl methyl sites for hydroxylation is 1. The van der Waals surface area contributed by atoms with Gasteiger partial charge in [-0.05, 0) is 55.5 Å². The minimum atomic E-state index is -0.139. The summed E-state index contributed by atoms with van der Waals surface area (Å²) in [6.07, 6.45) is 5.47. The quantitative estimate of drug-likeness (QED) is 0.726. The highest BCUT2D eigenvalue weighted by Gasteiger charge is 2.19. The zero-order chi connectivity index (χ0) is 11.4. The van der Waals surface area contributed by atoms with Crippen LogP contribution in [0.3, 0.4) is 0 Å². The van der Waals surface area contributed by atoms with Gasteiger partial charge in [0.15, 0.2) is 0 Å². The summed E-state index contributed by atoms with van der Waals surface area (Å²) >= 11 is 0. The molecule has 0 heterocycles. The molecule has 1 aromatic carbocycles. The maximum absolute atomic E-state index is 13.0. The first-order valence-electron chi connectivity index (χ1n) is 6.21. The third-order valence-corrected chi connectivity index (χ3v) is 3.29. The van der Waals surface area contributed by atoms with Crippen LogP contribution in [0.15, 0.2) is 18.2 Å². The molecule has 1 aliphatic carbocycles. The Morgan fingerprint density at radius 1 is 1.38 bits per heavy atom. The van der Waals surface area contributed by atoms with Crippen molar-refractivity contribution in [3.8, 4) is 0 Å². The molecule has 0 radical (unpaired) electrons. The molecule has 0 amide bonds. The number of hydrogen-bond acceptors (Lipinski definition) is 1.